The van der Waals surface area contributed by atoms with E-state index in [9.17, 15) is 0 Å². The molecule has 0 saturated heterocycles. The van der Waals surface area contributed by atoms with E-state index in [2.05, 4.69) is 69.3 Å². The van der Waals surface area contributed by atoms with Gasteiger partial charge in [-0.15, -0.1) is 0 Å². The second kappa shape index (κ2) is 5.58. The lowest BCUT2D eigenvalue weighted by Crippen LogP contribution is -2.35. The van der Waals surface area contributed by atoms with Crippen molar-refractivity contribution in [2.45, 2.75) is 33.4 Å². The molecule has 1 heterocycles. The summed E-state index contributed by atoms with van der Waals surface area (Å²) in [5, 5.41) is 6.72. The number of rotatable bonds is 2. The lowest BCUT2D eigenvalue weighted by atomic mass is 9.88. The fourth-order valence-electron chi connectivity index (χ4n) is 2.69. The van der Waals surface area contributed by atoms with Crippen LogP contribution in [0.15, 0.2) is 59.7 Å². The van der Waals surface area contributed by atoms with E-state index < -0.39 is 0 Å². The molecule has 2 aromatic carbocycles. The van der Waals surface area contributed by atoms with E-state index in [1.165, 1.54) is 11.1 Å². The van der Waals surface area contributed by atoms with Gasteiger partial charge in [0.1, 0.15) is 6.17 Å². The van der Waals surface area contributed by atoms with Crippen LogP contribution in [-0.4, -0.2) is 11.9 Å². The van der Waals surface area contributed by atoms with Gasteiger partial charge in [0.2, 0.25) is 0 Å². The molecule has 1 aliphatic rings. The van der Waals surface area contributed by atoms with Gasteiger partial charge in [-0.05, 0) is 23.3 Å². The van der Waals surface area contributed by atoms with Gasteiger partial charge in [0.05, 0.1) is 5.69 Å². The first-order chi connectivity index (χ1) is 10.4. The molecule has 114 valence electrons. The predicted molar refractivity (Wildman–Crippen MR) is 93.8 cm³/mol. The maximum absolute atomic E-state index is 6.30. The van der Waals surface area contributed by atoms with E-state index >= 15 is 0 Å². The highest BCUT2D eigenvalue weighted by Gasteiger charge is 2.31. The van der Waals surface area contributed by atoms with Crippen LogP contribution < -0.4 is 10.7 Å². The largest absolute Gasteiger partial charge is 0.309 e. The fraction of sp³-hybridized carbons (Fsp3) is 0.316. The summed E-state index contributed by atoms with van der Waals surface area (Å²) in [5.74, 6) is 0. The summed E-state index contributed by atoms with van der Waals surface area (Å²) < 4.78 is 0. The quantitative estimate of drug-likeness (QED) is 0.899. The number of hydrogen-bond donors (Lipinski definition) is 1. The van der Waals surface area contributed by atoms with Gasteiger partial charge in [0.25, 0.3) is 0 Å². The van der Waals surface area contributed by atoms with Crippen molar-refractivity contribution in [2.75, 3.05) is 5.01 Å². The molecular formula is C19H23N3. The molecule has 22 heavy (non-hydrogen) atoms. The van der Waals surface area contributed by atoms with Crippen LogP contribution in [0.4, 0.5) is 5.69 Å². The zero-order valence-corrected chi connectivity index (χ0v) is 13.5. The average molecular weight is 293 g/mol. The number of benzene rings is 2. The van der Waals surface area contributed by atoms with E-state index in [0.29, 0.717) is 0 Å². The number of nitrogens with zero attached hydrogens (tertiary/aromatic N) is 2. The second-order valence-electron chi connectivity index (χ2n) is 6.83. The van der Waals surface area contributed by atoms with Gasteiger partial charge in [0.15, 0.2) is 0 Å². The molecule has 1 aliphatic heterocycles. The normalized spacial score (nSPS) is 18.5. The van der Waals surface area contributed by atoms with Crippen LogP contribution in [-0.2, 0) is 0 Å². The summed E-state index contributed by atoms with van der Waals surface area (Å²) in [7, 11) is 0. The molecule has 0 aromatic heterocycles. The van der Waals surface area contributed by atoms with E-state index in [-0.39, 0.29) is 11.6 Å². The molecule has 0 fully saturated rings. The number of nitrogens with two attached hydrogens (primary N) is 1. The molecule has 2 N–H and O–H groups in total. The molecule has 1 atom stereocenters. The molecule has 2 aromatic rings. The third-order valence-electron chi connectivity index (χ3n) is 4.03. The first-order valence-electron chi connectivity index (χ1n) is 7.73. The first kappa shape index (κ1) is 14.8. The third kappa shape index (κ3) is 2.90. The minimum absolute atomic E-state index is 0.0589. The Bertz CT molecular complexity index is 683. The second-order valence-corrected chi connectivity index (χ2v) is 6.83. The molecular weight excluding hydrogens is 270 g/mol. The van der Waals surface area contributed by atoms with E-state index in [1.54, 1.807) is 0 Å². The molecule has 1 unspecified atom stereocenters. The summed E-state index contributed by atoms with van der Waals surface area (Å²) >= 11 is 0. The lowest BCUT2D eigenvalue weighted by molar-refractivity contribution is 0.578. The lowest BCUT2D eigenvalue weighted by Gasteiger charge is -2.20. The van der Waals surface area contributed by atoms with Gasteiger partial charge in [-0.1, -0.05) is 63.2 Å². The predicted octanol–water partition coefficient (Wildman–Crippen LogP) is 4.25. The van der Waals surface area contributed by atoms with Gasteiger partial charge >= 0.3 is 0 Å². The minimum atomic E-state index is -0.0831. The summed E-state index contributed by atoms with van der Waals surface area (Å²) in [5.41, 5.74) is 11.0. The summed E-state index contributed by atoms with van der Waals surface area (Å²) in [4.78, 5) is 0. The van der Waals surface area contributed by atoms with E-state index in [4.69, 9.17) is 10.8 Å². The van der Waals surface area contributed by atoms with Crippen molar-refractivity contribution in [1.82, 2.24) is 0 Å². The van der Waals surface area contributed by atoms with Crippen molar-refractivity contribution in [1.29, 1.82) is 0 Å². The number of hydrogen-bond acceptors (Lipinski definition) is 3. The molecule has 0 amide bonds. The van der Waals surface area contributed by atoms with Crippen molar-refractivity contribution in [3.8, 4) is 11.1 Å². The molecule has 0 bridgehead atoms. The molecule has 0 spiro atoms. The summed E-state index contributed by atoms with van der Waals surface area (Å²) in [6.07, 6.45) is 0.735. The van der Waals surface area contributed by atoms with Crippen molar-refractivity contribution in [2.24, 2.45) is 16.3 Å². The minimum Gasteiger partial charge on any atom is -0.309 e. The topological polar surface area (TPSA) is 41.6 Å². The smallest absolute Gasteiger partial charge is 0.105 e. The standard InChI is InChI=1S/C19H23N3/c1-19(2,3)17-13-18(20)22(21-17)16-11-7-10-15(12-16)14-8-5-4-6-9-14/h4-12,18H,13,20H2,1-3H3. The van der Waals surface area contributed by atoms with E-state index in [0.717, 1.165) is 17.8 Å². The SMILES string of the molecule is CC(C)(C)C1=NN(c2cccc(-c3ccccc3)c2)C(N)C1. The Morgan fingerprint density at radius 2 is 1.68 bits per heavy atom. The fourth-order valence-corrected chi connectivity index (χ4v) is 2.69. The zero-order chi connectivity index (χ0) is 15.7. The van der Waals surface area contributed by atoms with Crippen molar-refractivity contribution in [3.05, 3.63) is 54.6 Å². The van der Waals surface area contributed by atoms with Crippen LogP contribution >= 0.6 is 0 Å². The van der Waals surface area contributed by atoms with Gasteiger partial charge in [-0.3, -0.25) is 0 Å². The van der Waals surface area contributed by atoms with Crippen LogP contribution in [0.3, 0.4) is 0 Å². The van der Waals surface area contributed by atoms with Crippen LogP contribution in [0.25, 0.3) is 11.1 Å². The molecule has 0 saturated carbocycles. The average Bonchev–Trinajstić information content (AvgIpc) is 2.90. The van der Waals surface area contributed by atoms with Crippen LogP contribution in [0.5, 0.6) is 0 Å². The molecule has 3 nitrogen and oxygen atoms in total. The Balaban J connectivity index is 1.95. The molecule has 0 aliphatic carbocycles. The molecule has 0 radical (unpaired) electrons. The van der Waals surface area contributed by atoms with Crippen LogP contribution in [0, 0.1) is 5.41 Å². The Labute approximate surface area is 132 Å². The Hall–Kier alpha value is -2.13. The van der Waals surface area contributed by atoms with Crippen molar-refractivity contribution in [3.63, 3.8) is 0 Å². The van der Waals surface area contributed by atoms with Gasteiger partial charge in [-0.25, -0.2) is 5.01 Å². The van der Waals surface area contributed by atoms with Crippen LogP contribution in [0.1, 0.15) is 27.2 Å². The van der Waals surface area contributed by atoms with Gasteiger partial charge < -0.3 is 5.73 Å². The Morgan fingerprint density at radius 1 is 1.00 bits per heavy atom. The van der Waals surface area contributed by atoms with Crippen molar-refractivity contribution < 1.29 is 0 Å². The highest BCUT2D eigenvalue weighted by Crippen LogP contribution is 2.31. The summed E-state index contributed by atoms with van der Waals surface area (Å²) in [6.45, 7) is 6.55. The van der Waals surface area contributed by atoms with Gasteiger partial charge in [0, 0.05) is 17.5 Å². The highest BCUT2D eigenvalue weighted by atomic mass is 15.5. The zero-order valence-electron chi connectivity index (χ0n) is 13.5. The van der Waals surface area contributed by atoms with E-state index in [1.807, 2.05) is 11.1 Å². The molecule has 3 rings (SSSR count). The van der Waals surface area contributed by atoms with Crippen molar-refractivity contribution >= 4 is 11.4 Å². The highest BCUT2D eigenvalue weighted by molar-refractivity contribution is 5.93. The molecule has 3 heteroatoms. The maximum atomic E-state index is 6.30. The van der Waals surface area contributed by atoms with Crippen LogP contribution in [0.2, 0.25) is 0 Å². The monoisotopic (exact) mass is 293 g/mol. The summed E-state index contributed by atoms with van der Waals surface area (Å²) in [6, 6.07) is 18.8. The van der Waals surface area contributed by atoms with Gasteiger partial charge in [-0.2, -0.15) is 5.10 Å². The first-order valence-corrected chi connectivity index (χ1v) is 7.73. The number of anilines is 1. The maximum Gasteiger partial charge on any atom is 0.105 e. The third-order valence-corrected chi connectivity index (χ3v) is 4.03. The Morgan fingerprint density at radius 3 is 2.32 bits per heavy atom. The Kier molecular flexibility index (Phi) is 3.75. The number of hydrazone groups is 1.